The molecule has 266 valence electrons. The van der Waals surface area contributed by atoms with E-state index < -0.39 is 42.0 Å². The van der Waals surface area contributed by atoms with Crippen molar-refractivity contribution >= 4 is 23.7 Å². The minimum absolute atomic E-state index is 0.0808. The monoisotopic (exact) mass is 668 g/mol. The van der Waals surface area contributed by atoms with Gasteiger partial charge < -0.3 is 30.5 Å². The Morgan fingerprint density at radius 3 is 2.44 bits per heavy atom. The third-order valence-electron chi connectivity index (χ3n) is 9.43. The number of ether oxygens (including phenoxy) is 1. The molecule has 48 heavy (non-hydrogen) atoms. The number of aliphatic hydroxyl groups excluding tert-OH is 2. The van der Waals surface area contributed by atoms with Gasteiger partial charge in [0.2, 0.25) is 17.7 Å². The number of nitrogens with zero attached hydrogens (tertiary/aromatic N) is 2. The molecule has 0 bridgehead atoms. The maximum atomic E-state index is 13.8. The van der Waals surface area contributed by atoms with Gasteiger partial charge in [0.1, 0.15) is 18.8 Å². The van der Waals surface area contributed by atoms with Crippen LogP contribution in [0.2, 0.25) is 0 Å². The zero-order chi connectivity index (χ0) is 35.1. The Morgan fingerprint density at radius 2 is 1.79 bits per heavy atom. The number of likely N-dealkylation sites (N-methyl/N-ethyl adjacent to an activating group) is 1. The first kappa shape index (κ1) is 39.0. The number of rotatable bonds is 18. The van der Waals surface area contributed by atoms with Crippen LogP contribution in [-0.2, 0) is 30.3 Å². The first-order chi connectivity index (χ1) is 23.0. The zero-order valence-corrected chi connectivity index (χ0v) is 28.9. The number of cyclic esters (lactones) is 1. The number of amides is 3. The molecule has 0 spiro atoms. The zero-order valence-electron chi connectivity index (χ0n) is 28.9. The minimum atomic E-state index is -1.17. The van der Waals surface area contributed by atoms with Gasteiger partial charge in [-0.15, -0.1) is 12.3 Å². The summed E-state index contributed by atoms with van der Waals surface area (Å²) in [5.74, 6) is 0.642. The molecule has 1 saturated heterocycles. The van der Waals surface area contributed by atoms with E-state index in [4.69, 9.17) is 11.2 Å². The van der Waals surface area contributed by atoms with Crippen LogP contribution in [0.3, 0.4) is 0 Å². The fraction of sp³-hybridized carbons (Fsp3) is 0.676. The van der Waals surface area contributed by atoms with Crippen molar-refractivity contribution < 1.29 is 34.1 Å². The summed E-state index contributed by atoms with van der Waals surface area (Å²) in [4.78, 5) is 56.0. The molecule has 5 atom stereocenters. The average Bonchev–Trinajstić information content (AvgIpc) is 3.06. The van der Waals surface area contributed by atoms with Crippen LogP contribution in [0.15, 0.2) is 30.3 Å². The molecular formula is C37H56N4O7. The number of hydrogen-bond donors (Lipinski definition) is 4. The predicted octanol–water partition coefficient (Wildman–Crippen LogP) is 2.28. The summed E-state index contributed by atoms with van der Waals surface area (Å²) in [6, 6.07) is 7.57. The number of carbonyl (C=O) groups excluding carboxylic acids is 4. The highest BCUT2D eigenvalue weighted by Crippen LogP contribution is 2.29. The number of benzene rings is 1. The fourth-order valence-electron chi connectivity index (χ4n) is 6.58. The lowest BCUT2D eigenvalue weighted by Gasteiger charge is -2.33. The SMILES string of the molecule is C#CC[C@H](NC(=O)C(CC(=O)N(C)CCN1CCOC(=O)C1)Cc1ccccc1)C(=O)N[C@@H](CC1CCCCC1)[C@@H](O)[C@@H](O)CC(C)C. The Kier molecular flexibility index (Phi) is 16.4. The molecule has 3 rings (SSSR count). The number of aliphatic hydroxyl groups is 2. The predicted molar refractivity (Wildman–Crippen MR) is 183 cm³/mol. The van der Waals surface area contributed by atoms with Crippen LogP contribution in [-0.4, -0.2) is 108 Å². The average molecular weight is 669 g/mol. The quantitative estimate of drug-likeness (QED) is 0.138. The van der Waals surface area contributed by atoms with E-state index in [9.17, 15) is 29.4 Å². The molecule has 1 aliphatic heterocycles. The number of hydrogen-bond acceptors (Lipinski definition) is 8. The van der Waals surface area contributed by atoms with E-state index >= 15 is 0 Å². The largest absolute Gasteiger partial charge is 0.463 e. The fourth-order valence-corrected chi connectivity index (χ4v) is 6.58. The summed E-state index contributed by atoms with van der Waals surface area (Å²) in [6.07, 6.45) is 9.82. The van der Waals surface area contributed by atoms with Gasteiger partial charge in [0, 0.05) is 39.5 Å². The molecule has 11 nitrogen and oxygen atoms in total. The molecular weight excluding hydrogens is 612 g/mol. The Hall–Kier alpha value is -3.46. The number of nitrogens with one attached hydrogen (secondary N) is 2. The van der Waals surface area contributed by atoms with Crippen molar-refractivity contribution in [3.05, 3.63) is 35.9 Å². The molecule has 0 radical (unpaired) electrons. The molecule has 1 aromatic rings. The standard InChI is InChI=1S/C37H56N4O7/c1-5-12-30(37(47)39-31(23-28-15-10-7-11-16-28)35(45)32(42)21-26(2)3)38-36(46)29(22-27-13-8-6-9-14-27)24-33(43)40(4)17-18-41-19-20-48-34(44)25-41/h1,6,8-9,13-14,26,28-32,35,42,45H,7,10-12,15-25H2,2-4H3,(H,38,46)(H,39,47)/t29?,30-,31-,32-,35+/m0/s1. The van der Waals surface area contributed by atoms with Gasteiger partial charge in [0.05, 0.1) is 24.6 Å². The number of carbonyl (C=O) groups is 4. The van der Waals surface area contributed by atoms with E-state index in [-0.39, 0.29) is 43.6 Å². The molecule has 0 aromatic heterocycles. The Bertz CT molecular complexity index is 1210. The Labute approximate surface area is 286 Å². The molecule has 1 unspecified atom stereocenters. The third kappa shape index (κ3) is 13.2. The lowest BCUT2D eigenvalue weighted by atomic mass is 9.82. The van der Waals surface area contributed by atoms with Crippen molar-refractivity contribution in [3.63, 3.8) is 0 Å². The topological polar surface area (TPSA) is 149 Å². The molecule has 1 saturated carbocycles. The number of morpholine rings is 1. The highest BCUT2D eigenvalue weighted by molar-refractivity contribution is 5.91. The molecule has 4 N–H and O–H groups in total. The van der Waals surface area contributed by atoms with Crippen molar-refractivity contribution in [2.45, 2.75) is 102 Å². The van der Waals surface area contributed by atoms with Crippen LogP contribution in [0.5, 0.6) is 0 Å². The first-order valence-electron chi connectivity index (χ1n) is 17.5. The van der Waals surface area contributed by atoms with Gasteiger partial charge in [-0.2, -0.15) is 0 Å². The molecule has 1 aromatic carbocycles. The van der Waals surface area contributed by atoms with Crippen molar-refractivity contribution in [3.8, 4) is 12.3 Å². The maximum absolute atomic E-state index is 13.8. The molecule has 1 aliphatic carbocycles. The lowest BCUT2D eigenvalue weighted by molar-refractivity contribution is -0.150. The van der Waals surface area contributed by atoms with E-state index in [0.29, 0.717) is 45.0 Å². The first-order valence-corrected chi connectivity index (χ1v) is 17.5. The normalized spacial score (nSPS) is 18.9. The Morgan fingerprint density at radius 1 is 1.08 bits per heavy atom. The molecule has 2 fully saturated rings. The van der Waals surface area contributed by atoms with Crippen molar-refractivity contribution in [1.29, 1.82) is 0 Å². The van der Waals surface area contributed by atoms with Gasteiger partial charge in [-0.3, -0.25) is 24.1 Å². The van der Waals surface area contributed by atoms with Crippen LogP contribution < -0.4 is 10.6 Å². The highest BCUT2D eigenvalue weighted by Gasteiger charge is 2.34. The molecule has 2 aliphatic rings. The van der Waals surface area contributed by atoms with Crippen LogP contribution >= 0.6 is 0 Å². The summed E-state index contributed by atoms with van der Waals surface area (Å²) in [6.45, 7) is 5.89. The minimum Gasteiger partial charge on any atom is -0.463 e. The maximum Gasteiger partial charge on any atom is 0.320 e. The smallest absolute Gasteiger partial charge is 0.320 e. The van der Waals surface area contributed by atoms with Crippen molar-refractivity contribution in [2.24, 2.45) is 17.8 Å². The van der Waals surface area contributed by atoms with E-state index in [1.165, 1.54) is 6.42 Å². The summed E-state index contributed by atoms with van der Waals surface area (Å²) < 4.78 is 4.98. The second-order valence-electron chi connectivity index (χ2n) is 13.9. The van der Waals surface area contributed by atoms with Crippen LogP contribution in [0.1, 0.15) is 77.2 Å². The van der Waals surface area contributed by atoms with E-state index in [1.54, 1.807) is 11.9 Å². The van der Waals surface area contributed by atoms with Gasteiger partial charge in [-0.25, -0.2) is 0 Å². The van der Waals surface area contributed by atoms with Gasteiger partial charge in [0.25, 0.3) is 0 Å². The van der Waals surface area contributed by atoms with Gasteiger partial charge in [0.15, 0.2) is 0 Å². The van der Waals surface area contributed by atoms with Crippen LogP contribution in [0, 0.1) is 30.1 Å². The third-order valence-corrected chi connectivity index (χ3v) is 9.43. The van der Waals surface area contributed by atoms with E-state index in [0.717, 1.165) is 31.2 Å². The van der Waals surface area contributed by atoms with Gasteiger partial charge in [-0.05, 0) is 36.7 Å². The summed E-state index contributed by atoms with van der Waals surface area (Å²) in [7, 11) is 1.67. The van der Waals surface area contributed by atoms with Gasteiger partial charge >= 0.3 is 5.97 Å². The lowest BCUT2D eigenvalue weighted by Crippen LogP contribution is -2.56. The molecule has 1 heterocycles. The summed E-state index contributed by atoms with van der Waals surface area (Å²) in [5.41, 5.74) is 0.868. The van der Waals surface area contributed by atoms with Crippen LogP contribution in [0.4, 0.5) is 0 Å². The van der Waals surface area contributed by atoms with Gasteiger partial charge in [-0.1, -0.05) is 76.3 Å². The summed E-state index contributed by atoms with van der Waals surface area (Å²) >= 11 is 0. The Balaban J connectivity index is 1.71. The van der Waals surface area contributed by atoms with Crippen molar-refractivity contribution in [1.82, 2.24) is 20.4 Å². The molecule has 11 heteroatoms. The second-order valence-corrected chi connectivity index (χ2v) is 13.9. The second kappa shape index (κ2) is 20.1. The van der Waals surface area contributed by atoms with Crippen LogP contribution in [0.25, 0.3) is 0 Å². The number of esters is 1. The number of terminal acetylenes is 1. The van der Waals surface area contributed by atoms with E-state index in [1.807, 2.05) is 49.1 Å². The summed E-state index contributed by atoms with van der Waals surface area (Å²) in [5, 5.41) is 27.7. The van der Waals surface area contributed by atoms with E-state index in [2.05, 4.69) is 16.6 Å². The van der Waals surface area contributed by atoms with Crippen molar-refractivity contribution in [2.75, 3.05) is 39.8 Å². The highest BCUT2D eigenvalue weighted by atomic mass is 16.5. The molecule has 3 amide bonds.